The smallest absolute Gasteiger partial charge is 0.306 e. The highest BCUT2D eigenvalue weighted by molar-refractivity contribution is 5.70. The summed E-state index contributed by atoms with van der Waals surface area (Å²) >= 11 is 0. The average molecular weight is 335 g/mol. The van der Waals surface area contributed by atoms with Crippen molar-refractivity contribution in [3.63, 3.8) is 0 Å². The zero-order valence-electron chi connectivity index (χ0n) is 16.5. The summed E-state index contributed by atoms with van der Waals surface area (Å²) in [5.74, 6) is 0.698. The van der Waals surface area contributed by atoms with Gasteiger partial charge in [-0.1, -0.05) is 53.5 Å². The van der Waals surface area contributed by atoms with Crippen LogP contribution in [0.2, 0.25) is 0 Å². The van der Waals surface area contributed by atoms with Crippen molar-refractivity contribution in [3.05, 3.63) is 28.3 Å². The minimum Gasteiger partial charge on any atom is -0.507 e. The second kappa shape index (κ2) is 8.55. The van der Waals surface area contributed by atoms with Crippen molar-refractivity contribution in [1.82, 2.24) is 0 Å². The molecule has 0 amide bonds. The maximum atomic E-state index is 12.0. The van der Waals surface area contributed by atoms with Crippen LogP contribution in [0.3, 0.4) is 0 Å². The van der Waals surface area contributed by atoms with Crippen LogP contribution in [0.25, 0.3) is 0 Å². The Kier molecular flexibility index (Phi) is 7.31. The van der Waals surface area contributed by atoms with Gasteiger partial charge in [0.2, 0.25) is 0 Å². The third-order valence-electron chi connectivity index (χ3n) is 5.01. The van der Waals surface area contributed by atoms with Gasteiger partial charge in [0.15, 0.2) is 0 Å². The second-order valence-electron chi connectivity index (χ2n) is 7.80. The lowest BCUT2D eigenvalue weighted by atomic mass is 9.82. The Labute approximate surface area is 147 Å². The molecule has 1 aromatic carbocycles. The van der Waals surface area contributed by atoms with Gasteiger partial charge in [0, 0.05) is 6.42 Å². The number of hydrogen-bond donors (Lipinski definition) is 1. The van der Waals surface area contributed by atoms with E-state index in [2.05, 4.69) is 34.6 Å². The highest BCUT2D eigenvalue weighted by atomic mass is 16.5. The van der Waals surface area contributed by atoms with E-state index in [1.54, 1.807) is 0 Å². The number of phenolic OH excluding ortho intramolecular Hbond substituents is 1. The number of carbonyl (C=O) groups excluding carboxylic acids is 1. The first-order valence-corrected chi connectivity index (χ1v) is 9.09. The second-order valence-corrected chi connectivity index (χ2v) is 7.80. The molecule has 3 heteroatoms. The number of phenols is 1. The number of ether oxygens (including phenoxy) is 1. The van der Waals surface area contributed by atoms with Crippen molar-refractivity contribution in [2.75, 3.05) is 6.61 Å². The summed E-state index contributed by atoms with van der Waals surface area (Å²) < 4.78 is 5.41. The number of rotatable bonds is 7. The molecule has 0 aliphatic heterocycles. The molecule has 0 heterocycles. The van der Waals surface area contributed by atoms with E-state index in [1.807, 2.05) is 19.9 Å². The third-order valence-corrected chi connectivity index (χ3v) is 5.01. The molecule has 136 valence electrons. The van der Waals surface area contributed by atoms with Gasteiger partial charge < -0.3 is 9.84 Å². The van der Waals surface area contributed by atoms with E-state index >= 15 is 0 Å². The van der Waals surface area contributed by atoms with Crippen molar-refractivity contribution in [2.45, 2.75) is 79.6 Å². The van der Waals surface area contributed by atoms with Crippen LogP contribution in [-0.2, 0) is 21.4 Å². The molecule has 24 heavy (non-hydrogen) atoms. The summed E-state index contributed by atoms with van der Waals surface area (Å²) in [6, 6.07) is 2.05. The van der Waals surface area contributed by atoms with Crippen LogP contribution >= 0.6 is 0 Å². The van der Waals surface area contributed by atoms with Crippen molar-refractivity contribution in [1.29, 1.82) is 0 Å². The normalized spacial score (nSPS) is 11.8. The van der Waals surface area contributed by atoms with Crippen LogP contribution in [-0.4, -0.2) is 17.7 Å². The van der Waals surface area contributed by atoms with Gasteiger partial charge >= 0.3 is 5.97 Å². The van der Waals surface area contributed by atoms with Crippen LogP contribution in [0.5, 0.6) is 5.75 Å². The Bertz CT molecular complexity index is 563. The topological polar surface area (TPSA) is 46.5 Å². The van der Waals surface area contributed by atoms with Gasteiger partial charge in [-0.25, -0.2) is 0 Å². The zero-order chi connectivity index (χ0) is 18.5. The van der Waals surface area contributed by atoms with Gasteiger partial charge in [0.25, 0.3) is 0 Å². The molecule has 0 radical (unpaired) electrons. The lowest BCUT2D eigenvalue weighted by molar-refractivity contribution is -0.145. The van der Waals surface area contributed by atoms with Gasteiger partial charge in [-0.15, -0.1) is 0 Å². The summed E-state index contributed by atoms with van der Waals surface area (Å²) in [5.41, 5.74) is 3.89. The Morgan fingerprint density at radius 1 is 1.17 bits per heavy atom. The molecule has 0 unspecified atom stereocenters. The molecule has 0 saturated heterocycles. The minimum absolute atomic E-state index is 0.132. The predicted octanol–water partition coefficient (Wildman–Crippen LogP) is 5.22. The standard InChI is InChI=1S/C21H34O3/c1-8-16(9-2)13-24-19(22)11-10-17-12-18(21(5,6)7)20(23)15(4)14(17)3/h12,16,23H,8-11,13H2,1-7H3. The molecule has 3 nitrogen and oxygen atoms in total. The van der Waals surface area contributed by atoms with Crippen LogP contribution in [0.1, 0.15) is 76.1 Å². The predicted molar refractivity (Wildman–Crippen MR) is 99.6 cm³/mol. The highest BCUT2D eigenvalue weighted by Crippen LogP contribution is 2.36. The first-order valence-electron chi connectivity index (χ1n) is 9.09. The Hall–Kier alpha value is -1.51. The molecular weight excluding hydrogens is 300 g/mol. The Balaban J connectivity index is 2.81. The number of hydrogen-bond acceptors (Lipinski definition) is 3. The van der Waals surface area contributed by atoms with E-state index in [1.165, 1.54) is 0 Å². The van der Waals surface area contributed by atoms with E-state index < -0.39 is 0 Å². The number of aromatic hydroxyl groups is 1. The van der Waals surface area contributed by atoms with Gasteiger partial charge in [0.1, 0.15) is 5.75 Å². The van der Waals surface area contributed by atoms with Crippen LogP contribution in [0.4, 0.5) is 0 Å². The molecule has 0 spiro atoms. The summed E-state index contributed by atoms with van der Waals surface area (Å²) in [6.07, 6.45) is 3.11. The van der Waals surface area contributed by atoms with Crippen LogP contribution < -0.4 is 0 Å². The van der Waals surface area contributed by atoms with Gasteiger partial charge in [-0.3, -0.25) is 4.79 Å². The molecular formula is C21H34O3. The fraction of sp³-hybridized carbons (Fsp3) is 0.667. The molecule has 1 rings (SSSR count). The summed E-state index contributed by atoms with van der Waals surface area (Å²) in [4.78, 5) is 12.0. The largest absolute Gasteiger partial charge is 0.507 e. The van der Waals surface area contributed by atoms with Gasteiger partial charge in [-0.05, 0) is 53.9 Å². The zero-order valence-corrected chi connectivity index (χ0v) is 16.5. The minimum atomic E-state index is -0.135. The number of esters is 1. The van der Waals surface area contributed by atoms with E-state index in [0.717, 1.165) is 35.1 Å². The Morgan fingerprint density at radius 3 is 2.25 bits per heavy atom. The fourth-order valence-electron chi connectivity index (χ4n) is 2.85. The van der Waals surface area contributed by atoms with E-state index in [9.17, 15) is 9.90 Å². The van der Waals surface area contributed by atoms with Crippen molar-refractivity contribution in [2.24, 2.45) is 5.92 Å². The van der Waals surface area contributed by atoms with E-state index in [0.29, 0.717) is 31.1 Å². The first-order chi connectivity index (χ1) is 11.1. The molecule has 0 aliphatic carbocycles. The monoisotopic (exact) mass is 334 g/mol. The maximum absolute atomic E-state index is 12.0. The number of benzene rings is 1. The molecule has 0 aromatic heterocycles. The molecule has 0 fully saturated rings. The van der Waals surface area contributed by atoms with Gasteiger partial charge in [0.05, 0.1) is 6.61 Å². The van der Waals surface area contributed by atoms with E-state index in [4.69, 9.17) is 4.74 Å². The lowest BCUT2D eigenvalue weighted by Crippen LogP contribution is -2.15. The number of carbonyl (C=O) groups is 1. The fourth-order valence-corrected chi connectivity index (χ4v) is 2.85. The number of aryl methyl sites for hydroxylation is 1. The van der Waals surface area contributed by atoms with Crippen LogP contribution in [0.15, 0.2) is 6.07 Å². The molecule has 0 bridgehead atoms. The highest BCUT2D eigenvalue weighted by Gasteiger charge is 2.22. The van der Waals surface area contributed by atoms with Crippen molar-refractivity contribution in [3.8, 4) is 5.75 Å². The molecule has 0 atom stereocenters. The average Bonchev–Trinajstić information content (AvgIpc) is 2.51. The Morgan fingerprint density at radius 2 is 1.75 bits per heavy atom. The molecule has 1 aromatic rings. The summed E-state index contributed by atoms with van der Waals surface area (Å²) in [5, 5.41) is 10.4. The lowest BCUT2D eigenvalue weighted by Gasteiger charge is -2.24. The van der Waals surface area contributed by atoms with Crippen LogP contribution in [0, 0.1) is 19.8 Å². The molecule has 1 N–H and O–H groups in total. The summed E-state index contributed by atoms with van der Waals surface area (Å²) in [7, 11) is 0. The van der Waals surface area contributed by atoms with Crippen molar-refractivity contribution < 1.29 is 14.6 Å². The van der Waals surface area contributed by atoms with E-state index in [-0.39, 0.29) is 11.4 Å². The first kappa shape index (κ1) is 20.5. The van der Waals surface area contributed by atoms with Gasteiger partial charge in [-0.2, -0.15) is 0 Å². The molecule has 0 saturated carbocycles. The summed E-state index contributed by atoms with van der Waals surface area (Å²) in [6.45, 7) is 15.0. The van der Waals surface area contributed by atoms with Crippen molar-refractivity contribution >= 4 is 5.97 Å². The maximum Gasteiger partial charge on any atom is 0.306 e. The third kappa shape index (κ3) is 5.25. The SMILES string of the molecule is CCC(CC)COC(=O)CCc1cc(C(C)(C)C)c(O)c(C)c1C. The quantitative estimate of drug-likeness (QED) is 0.695. The molecule has 0 aliphatic rings.